The second-order valence-electron chi connectivity index (χ2n) is 2.63. The first kappa shape index (κ1) is 8.97. The van der Waals surface area contributed by atoms with Gasteiger partial charge in [-0.05, 0) is 27.7 Å². The molecule has 8 nitrogen and oxygen atoms in total. The Labute approximate surface area is 81.9 Å². The molecule has 0 unspecified atom stereocenters. The third-order valence-corrected chi connectivity index (χ3v) is 1.77. The second kappa shape index (κ2) is 3.28. The summed E-state index contributed by atoms with van der Waals surface area (Å²) in [6.45, 7) is 0. The third-order valence-electron chi connectivity index (χ3n) is 1.77. The summed E-state index contributed by atoms with van der Waals surface area (Å²) in [5, 5.41) is 17.2. The minimum Gasteiger partial charge on any atom is -0.359 e. The van der Waals surface area contributed by atoms with Gasteiger partial charge in [-0.25, -0.2) is 0 Å². The van der Waals surface area contributed by atoms with Crippen LogP contribution in [0.5, 0.6) is 0 Å². The van der Waals surface area contributed by atoms with Gasteiger partial charge in [-0.15, -0.1) is 0 Å². The van der Waals surface area contributed by atoms with E-state index in [1.54, 1.807) is 0 Å². The van der Waals surface area contributed by atoms with Crippen molar-refractivity contribution in [1.82, 2.24) is 5.16 Å². The number of azide groups is 1. The Kier molecular flexibility index (Phi) is 1.96. The molecule has 8 heteroatoms. The lowest BCUT2D eigenvalue weighted by molar-refractivity contribution is -0.782. The summed E-state index contributed by atoms with van der Waals surface area (Å²) in [5.41, 5.74) is 8.64. The van der Waals surface area contributed by atoms with Crippen LogP contribution in [-0.2, 0) is 0 Å². The monoisotopic (exact) mass is 205 g/mol. The van der Waals surface area contributed by atoms with Crippen molar-refractivity contribution >= 4 is 16.9 Å². The van der Waals surface area contributed by atoms with E-state index in [0.29, 0.717) is 0 Å². The molecule has 0 N–H and O–H groups in total. The predicted molar refractivity (Wildman–Crippen MR) is 46.4 cm³/mol. The highest BCUT2D eigenvalue weighted by molar-refractivity contribution is 5.97. The summed E-state index contributed by atoms with van der Waals surface area (Å²) in [5.74, 6) is -0.736. The van der Waals surface area contributed by atoms with Gasteiger partial charge < -0.3 is 5.21 Å². The molecule has 0 radical (unpaired) electrons. The highest BCUT2D eigenvalue weighted by Gasteiger charge is 2.12. The van der Waals surface area contributed by atoms with E-state index in [1.807, 2.05) is 0 Å². The summed E-state index contributed by atoms with van der Waals surface area (Å²) in [4.78, 5) is 13.7. The zero-order valence-corrected chi connectivity index (χ0v) is 7.19. The van der Waals surface area contributed by atoms with Crippen molar-refractivity contribution in [2.75, 3.05) is 0 Å². The molecule has 0 aliphatic rings. The lowest BCUT2D eigenvalue weighted by atomic mass is 10.2. The third kappa shape index (κ3) is 1.45. The highest BCUT2D eigenvalue weighted by atomic mass is 16.8. The summed E-state index contributed by atoms with van der Waals surface area (Å²) < 4.78 is 4.31. The minimum atomic E-state index is -0.736. The number of benzene rings is 1. The van der Waals surface area contributed by atoms with Crippen LogP contribution in [-0.4, -0.2) is 11.1 Å². The molecule has 0 spiro atoms. The molecule has 15 heavy (non-hydrogen) atoms. The minimum absolute atomic E-state index is 0.147. The van der Waals surface area contributed by atoms with Crippen molar-refractivity contribution < 1.29 is 14.3 Å². The standard InChI is InChI=1S/C7H3N5O3/c8-11-9-7(13)4-1-2-6-5(3-4)10-15-12(6)14/h1-3H. The van der Waals surface area contributed by atoms with Crippen molar-refractivity contribution in [1.29, 1.82) is 0 Å². The Morgan fingerprint density at radius 2 is 2.47 bits per heavy atom. The molecule has 0 bridgehead atoms. The number of carbonyl (C=O) groups excluding carboxylic acids is 1. The largest absolute Gasteiger partial charge is 0.359 e. The van der Waals surface area contributed by atoms with Crippen LogP contribution in [0.1, 0.15) is 10.4 Å². The Bertz CT molecular complexity index is 583. The fraction of sp³-hybridized carbons (Fsp3) is 0. The zero-order chi connectivity index (χ0) is 10.8. The van der Waals surface area contributed by atoms with Crippen LogP contribution in [0, 0.1) is 5.21 Å². The number of hydrogen-bond donors (Lipinski definition) is 0. The van der Waals surface area contributed by atoms with Gasteiger partial charge in [0.05, 0.1) is 0 Å². The summed E-state index contributed by atoms with van der Waals surface area (Å²) in [6, 6.07) is 4.02. The molecule has 2 rings (SSSR count). The number of rotatable bonds is 1. The lowest BCUT2D eigenvalue weighted by Gasteiger charge is -1.90. The Morgan fingerprint density at radius 3 is 3.20 bits per heavy atom. The van der Waals surface area contributed by atoms with E-state index in [0.717, 1.165) is 0 Å². The fourth-order valence-corrected chi connectivity index (χ4v) is 1.11. The highest BCUT2D eigenvalue weighted by Crippen LogP contribution is 2.11. The molecule has 0 saturated carbocycles. The molecule has 0 aliphatic heterocycles. The average Bonchev–Trinajstić information content (AvgIpc) is 2.60. The first-order chi connectivity index (χ1) is 7.22. The van der Waals surface area contributed by atoms with E-state index in [2.05, 4.69) is 19.8 Å². The molecule has 0 fully saturated rings. The molecule has 1 amide bonds. The Balaban J connectivity index is 2.56. The van der Waals surface area contributed by atoms with E-state index >= 15 is 0 Å². The summed E-state index contributed by atoms with van der Waals surface area (Å²) in [6.07, 6.45) is 0. The van der Waals surface area contributed by atoms with E-state index in [9.17, 15) is 10.0 Å². The molecule has 0 atom stereocenters. The van der Waals surface area contributed by atoms with Gasteiger partial charge in [-0.3, -0.25) is 9.42 Å². The van der Waals surface area contributed by atoms with Gasteiger partial charge >= 0.3 is 0 Å². The quantitative estimate of drug-likeness (QED) is 0.297. The molecule has 1 aromatic heterocycles. The van der Waals surface area contributed by atoms with Crippen LogP contribution in [0.3, 0.4) is 0 Å². The molecule has 0 aliphatic carbocycles. The number of amides is 1. The Morgan fingerprint density at radius 1 is 1.67 bits per heavy atom. The predicted octanol–water partition coefficient (Wildman–Crippen LogP) is 0.912. The van der Waals surface area contributed by atoms with Crippen molar-refractivity contribution in [2.45, 2.75) is 0 Å². The van der Waals surface area contributed by atoms with Crippen molar-refractivity contribution in [2.24, 2.45) is 5.11 Å². The van der Waals surface area contributed by atoms with E-state index in [4.69, 9.17) is 5.53 Å². The van der Waals surface area contributed by atoms with E-state index < -0.39 is 5.91 Å². The SMILES string of the molecule is [N-]=[N+]=NC(=O)c1ccc2c(c1)no[n+]2[O-]. The molecule has 74 valence electrons. The van der Waals surface area contributed by atoms with Crippen LogP contribution in [0.4, 0.5) is 0 Å². The number of nitrogens with zero attached hydrogens (tertiary/aromatic N) is 5. The van der Waals surface area contributed by atoms with Gasteiger partial charge in [-0.1, -0.05) is 0 Å². The van der Waals surface area contributed by atoms with Gasteiger partial charge in [0.25, 0.3) is 0 Å². The molecular weight excluding hydrogens is 202 g/mol. The molecular formula is C7H3N5O3. The molecule has 1 heterocycles. The number of fused-ring (bicyclic) bond motifs is 1. The normalized spacial score (nSPS) is 9.87. The van der Waals surface area contributed by atoms with Crippen LogP contribution >= 0.6 is 0 Å². The topological polar surface area (TPSA) is 119 Å². The summed E-state index contributed by atoms with van der Waals surface area (Å²) >= 11 is 0. The maximum atomic E-state index is 11.1. The van der Waals surface area contributed by atoms with Crippen LogP contribution in [0.2, 0.25) is 0 Å². The number of aromatic nitrogens is 2. The first-order valence-electron chi connectivity index (χ1n) is 3.81. The molecule has 0 saturated heterocycles. The smallest absolute Gasteiger partial charge is 0.249 e. The second-order valence-corrected chi connectivity index (χ2v) is 2.63. The van der Waals surface area contributed by atoms with Crippen LogP contribution in [0.25, 0.3) is 21.5 Å². The van der Waals surface area contributed by atoms with Gasteiger partial charge in [0, 0.05) is 21.7 Å². The van der Waals surface area contributed by atoms with Gasteiger partial charge in [0.2, 0.25) is 16.9 Å². The first-order valence-corrected chi connectivity index (χ1v) is 3.81. The van der Waals surface area contributed by atoms with Crippen LogP contribution in [0.15, 0.2) is 27.9 Å². The maximum absolute atomic E-state index is 11.1. The van der Waals surface area contributed by atoms with Gasteiger partial charge in [-0.2, -0.15) is 0 Å². The van der Waals surface area contributed by atoms with Crippen molar-refractivity contribution in [3.63, 3.8) is 0 Å². The zero-order valence-electron chi connectivity index (χ0n) is 7.19. The maximum Gasteiger partial charge on any atom is 0.249 e. The van der Waals surface area contributed by atoms with Gasteiger partial charge in [0.1, 0.15) is 0 Å². The van der Waals surface area contributed by atoms with E-state index in [1.165, 1.54) is 18.2 Å². The number of hydrogen-bond acceptors (Lipinski definition) is 4. The average molecular weight is 205 g/mol. The van der Waals surface area contributed by atoms with E-state index in [-0.39, 0.29) is 21.5 Å². The fourth-order valence-electron chi connectivity index (χ4n) is 1.11. The number of carbonyl (C=O) groups is 1. The lowest BCUT2D eigenvalue weighted by Crippen LogP contribution is -2.22. The molecule has 1 aromatic carbocycles. The molecule has 2 aromatic rings. The van der Waals surface area contributed by atoms with Crippen LogP contribution < -0.4 is 4.90 Å². The Hall–Kier alpha value is -2.60. The van der Waals surface area contributed by atoms with Crippen molar-refractivity contribution in [3.05, 3.63) is 39.4 Å². The van der Waals surface area contributed by atoms with Crippen molar-refractivity contribution in [3.8, 4) is 0 Å². The summed E-state index contributed by atoms with van der Waals surface area (Å²) in [7, 11) is 0. The van der Waals surface area contributed by atoms with Gasteiger partial charge in [0.15, 0.2) is 0 Å².